The Bertz CT molecular complexity index is 635. The maximum Gasteiger partial charge on any atom is 0.312 e. The van der Waals surface area contributed by atoms with Gasteiger partial charge in [-0.1, -0.05) is 12.1 Å². The van der Waals surface area contributed by atoms with Crippen LogP contribution in [0.1, 0.15) is 5.56 Å². The average Bonchev–Trinajstić information content (AvgIpc) is 2.68. The molecule has 0 saturated carbocycles. The maximum absolute atomic E-state index is 12.6. The van der Waals surface area contributed by atoms with Crippen LogP contribution in [0.4, 0.5) is 5.69 Å². The molecule has 0 unspecified atom stereocenters. The summed E-state index contributed by atoms with van der Waals surface area (Å²) in [6.45, 7) is 7.96. The molecule has 2 amide bonds. The summed E-state index contributed by atoms with van der Waals surface area (Å²) in [6.07, 6.45) is 0. The zero-order valence-corrected chi connectivity index (χ0v) is 15.4. The molecule has 2 heterocycles. The Labute approximate surface area is 154 Å². The highest BCUT2D eigenvalue weighted by Gasteiger charge is 2.31. The van der Waals surface area contributed by atoms with E-state index in [1.165, 1.54) is 11.3 Å². The summed E-state index contributed by atoms with van der Waals surface area (Å²) in [5, 5.41) is 8.98. The Morgan fingerprint density at radius 3 is 2.04 bits per heavy atom. The molecule has 0 aromatic heterocycles. The molecular formula is C19H28N4O3. The largest absolute Gasteiger partial charge is 0.395 e. The van der Waals surface area contributed by atoms with Gasteiger partial charge in [0.1, 0.15) is 0 Å². The molecule has 142 valence electrons. The standard InChI is InChI=1S/C19H28N4O3/c1-16-3-2-4-17(15-16)21-9-11-23(12-10-21)19(26)18(25)22-7-5-20(6-8-22)13-14-24/h2-4,15,24H,5-14H2,1H3. The van der Waals surface area contributed by atoms with E-state index in [2.05, 4.69) is 34.9 Å². The SMILES string of the molecule is Cc1cccc(N2CCN(C(=O)C(=O)N3CCN(CCO)CC3)CC2)c1. The van der Waals surface area contributed by atoms with E-state index in [0.717, 1.165) is 13.1 Å². The third-order valence-electron chi connectivity index (χ3n) is 5.19. The van der Waals surface area contributed by atoms with Gasteiger partial charge in [-0.2, -0.15) is 0 Å². The first-order chi connectivity index (χ1) is 12.6. The number of β-amino-alcohol motifs (C(OH)–C–C–N with tert-alkyl or cyclic N) is 1. The van der Waals surface area contributed by atoms with E-state index in [-0.39, 0.29) is 12.5 Å². The molecule has 1 N–H and O–H groups in total. The Morgan fingerprint density at radius 2 is 1.50 bits per heavy atom. The molecule has 7 heteroatoms. The number of amides is 2. The highest BCUT2D eigenvalue weighted by molar-refractivity contribution is 6.35. The number of piperazine rings is 2. The maximum atomic E-state index is 12.6. The van der Waals surface area contributed by atoms with Gasteiger partial charge in [-0.15, -0.1) is 0 Å². The average molecular weight is 360 g/mol. The van der Waals surface area contributed by atoms with E-state index >= 15 is 0 Å². The number of carbonyl (C=O) groups excluding carboxylic acids is 2. The van der Waals surface area contributed by atoms with Crippen LogP contribution in [0.15, 0.2) is 24.3 Å². The Balaban J connectivity index is 1.50. The van der Waals surface area contributed by atoms with Crippen LogP contribution in [0.25, 0.3) is 0 Å². The first kappa shape index (κ1) is 18.7. The van der Waals surface area contributed by atoms with Crippen LogP contribution in [0.2, 0.25) is 0 Å². The third kappa shape index (κ3) is 4.34. The molecule has 0 aliphatic carbocycles. The second-order valence-electron chi connectivity index (χ2n) is 6.98. The lowest BCUT2D eigenvalue weighted by atomic mass is 10.2. The fraction of sp³-hybridized carbons (Fsp3) is 0.579. The minimum Gasteiger partial charge on any atom is -0.395 e. The predicted molar refractivity (Wildman–Crippen MR) is 100 cm³/mol. The molecular weight excluding hydrogens is 332 g/mol. The van der Waals surface area contributed by atoms with Gasteiger partial charge in [-0.05, 0) is 24.6 Å². The lowest BCUT2D eigenvalue weighted by Crippen LogP contribution is -2.56. The highest BCUT2D eigenvalue weighted by atomic mass is 16.3. The number of carbonyl (C=O) groups is 2. The normalized spacial score (nSPS) is 18.9. The summed E-state index contributed by atoms with van der Waals surface area (Å²) in [6, 6.07) is 8.35. The second kappa shape index (κ2) is 8.51. The van der Waals surface area contributed by atoms with Gasteiger partial charge in [0.05, 0.1) is 6.61 Å². The van der Waals surface area contributed by atoms with Gasteiger partial charge >= 0.3 is 11.8 Å². The van der Waals surface area contributed by atoms with E-state index in [4.69, 9.17) is 5.11 Å². The van der Waals surface area contributed by atoms with Crippen molar-refractivity contribution < 1.29 is 14.7 Å². The molecule has 1 aromatic carbocycles. The van der Waals surface area contributed by atoms with Crippen molar-refractivity contribution >= 4 is 17.5 Å². The van der Waals surface area contributed by atoms with E-state index in [9.17, 15) is 9.59 Å². The smallest absolute Gasteiger partial charge is 0.312 e. The van der Waals surface area contributed by atoms with Crippen molar-refractivity contribution in [3.63, 3.8) is 0 Å². The first-order valence-electron chi connectivity index (χ1n) is 9.31. The number of aliphatic hydroxyl groups excluding tert-OH is 1. The fourth-order valence-electron chi connectivity index (χ4n) is 3.58. The molecule has 0 radical (unpaired) electrons. The summed E-state index contributed by atoms with van der Waals surface area (Å²) < 4.78 is 0. The summed E-state index contributed by atoms with van der Waals surface area (Å²) in [4.78, 5) is 32.8. The van der Waals surface area contributed by atoms with Gasteiger partial charge in [0, 0.05) is 64.6 Å². The Kier molecular flexibility index (Phi) is 6.11. The van der Waals surface area contributed by atoms with Gasteiger partial charge in [0.25, 0.3) is 0 Å². The molecule has 2 aliphatic rings. The predicted octanol–water partition coefficient (Wildman–Crippen LogP) is -0.220. The number of benzene rings is 1. The minimum atomic E-state index is -0.391. The molecule has 2 aliphatic heterocycles. The van der Waals surface area contributed by atoms with Crippen LogP contribution in [0, 0.1) is 6.92 Å². The number of anilines is 1. The van der Waals surface area contributed by atoms with Crippen molar-refractivity contribution in [2.45, 2.75) is 6.92 Å². The molecule has 0 atom stereocenters. The van der Waals surface area contributed by atoms with Crippen LogP contribution in [0.3, 0.4) is 0 Å². The van der Waals surface area contributed by atoms with Gasteiger partial charge in [-0.3, -0.25) is 14.5 Å². The van der Waals surface area contributed by atoms with Crippen molar-refractivity contribution in [3.8, 4) is 0 Å². The molecule has 3 rings (SSSR count). The molecule has 0 spiro atoms. The van der Waals surface area contributed by atoms with Crippen LogP contribution < -0.4 is 4.90 Å². The van der Waals surface area contributed by atoms with Crippen molar-refractivity contribution in [2.75, 3.05) is 70.4 Å². The summed E-state index contributed by atoms with van der Waals surface area (Å²) >= 11 is 0. The lowest BCUT2D eigenvalue weighted by Gasteiger charge is -2.38. The van der Waals surface area contributed by atoms with Crippen molar-refractivity contribution in [1.82, 2.24) is 14.7 Å². The van der Waals surface area contributed by atoms with Crippen molar-refractivity contribution in [3.05, 3.63) is 29.8 Å². The topological polar surface area (TPSA) is 67.3 Å². The monoisotopic (exact) mass is 360 g/mol. The molecule has 7 nitrogen and oxygen atoms in total. The van der Waals surface area contributed by atoms with Crippen LogP contribution in [-0.4, -0.2) is 97.1 Å². The van der Waals surface area contributed by atoms with E-state index in [1.54, 1.807) is 9.80 Å². The van der Waals surface area contributed by atoms with Crippen LogP contribution in [-0.2, 0) is 9.59 Å². The molecule has 1 aromatic rings. The van der Waals surface area contributed by atoms with Gasteiger partial charge in [-0.25, -0.2) is 0 Å². The zero-order valence-electron chi connectivity index (χ0n) is 15.4. The summed E-state index contributed by atoms with van der Waals surface area (Å²) in [7, 11) is 0. The van der Waals surface area contributed by atoms with Gasteiger partial charge in [0.2, 0.25) is 0 Å². The summed E-state index contributed by atoms with van der Waals surface area (Å²) in [5.74, 6) is -0.776. The molecule has 26 heavy (non-hydrogen) atoms. The van der Waals surface area contributed by atoms with E-state index in [0.29, 0.717) is 45.8 Å². The summed E-state index contributed by atoms with van der Waals surface area (Å²) in [5.41, 5.74) is 2.39. The number of rotatable bonds is 3. The number of nitrogens with zero attached hydrogens (tertiary/aromatic N) is 4. The Morgan fingerprint density at radius 1 is 0.923 bits per heavy atom. The molecule has 2 fully saturated rings. The molecule has 0 bridgehead atoms. The first-order valence-corrected chi connectivity index (χ1v) is 9.31. The number of aliphatic hydroxyl groups is 1. The quantitative estimate of drug-likeness (QED) is 0.755. The number of hydrogen-bond acceptors (Lipinski definition) is 5. The lowest BCUT2D eigenvalue weighted by molar-refractivity contribution is -0.153. The zero-order chi connectivity index (χ0) is 18.5. The number of aryl methyl sites for hydroxylation is 1. The van der Waals surface area contributed by atoms with Crippen molar-refractivity contribution in [1.29, 1.82) is 0 Å². The fourth-order valence-corrected chi connectivity index (χ4v) is 3.58. The van der Waals surface area contributed by atoms with Crippen molar-refractivity contribution in [2.24, 2.45) is 0 Å². The Hall–Kier alpha value is -2.12. The third-order valence-corrected chi connectivity index (χ3v) is 5.19. The highest BCUT2D eigenvalue weighted by Crippen LogP contribution is 2.18. The number of hydrogen-bond donors (Lipinski definition) is 1. The second-order valence-corrected chi connectivity index (χ2v) is 6.98. The van der Waals surface area contributed by atoms with Gasteiger partial charge in [0.15, 0.2) is 0 Å². The van der Waals surface area contributed by atoms with Gasteiger partial charge < -0.3 is 19.8 Å². The molecule has 2 saturated heterocycles. The minimum absolute atomic E-state index is 0.123. The van der Waals surface area contributed by atoms with Crippen LogP contribution in [0.5, 0.6) is 0 Å². The van der Waals surface area contributed by atoms with E-state index < -0.39 is 5.91 Å². The van der Waals surface area contributed by atoms with E-state index in [1.807, 2.05) is 6.07 Å². The van der Waals surface area contributed by atoms with Crippen LogP contribution >= 0.6 is 0 Å².